The van der Waals surface area contributed by atoms with Gasteiger partial charge in [-0.25, -0.2) is 8.78 Å². The van der Waals surface area contributed by atoms with Gasteiger partial charge >= 0.3 is 0 Å². The molecule has 0 amide bonds. The van der Waals surface area contributed by atoms with Crippen LogP contribution in [-0.2, 0) is 0 Å². The Morgan fingerprint density at radius 3 is 2.60 bits per heavy atom. The molecule has 0 saturated heterocycles. The molecule has 0 bridgehead atoms. The minimum atomic E-state index is -0.987. The van der Waals surface area contributed by atoms with Crippen LogP contribution >= 0.6 is 0 Å². The molecule has 0 unspecified atom stereocenters. The van der Waals surface area contributed by atoms with E-state index >= 15 is 0 Å². The molecule has 1 heterocycles. The lowest BCUT2D eigenvalue weighted by Gasteiger charge is -2.02. The van der Waals surface area contributed by atoms with Gasteiger partial charge in [-0.1, -0.05) is 0 Å². The van der Waals surface area contributed by atoms with Crippen molar-refractivity contribution in [2.45, 2.75) is 0 Å². The fourth-order valence-corrected chi connectivity index (χ4v) is 1.29. The number of aromatic nitrogens is 2. The summed E-state index contributed by atoms with van der Waals surface area (Å²) in [7, 11) is 0. The molecule has 5 nitrogen and oxygen atoms in total. The molecule has 0 saturated carbocycles. The van der Waals surface area contributed by atoms with Gasteiger partial charge < -0.3 is 11.7 Å². The Labute approximate surface area is 82.6 Å². The number of rotatable bonds is 0. The van der Waals surface area contributed by atoms with E-state index in [4.69, 9.17) is 11.7 Å². The van der Waals surface area contributed by atoms with Crippen molar-refractivity contribution in [3.8, 4) is 0 Å². The topological polar surface area (TPSA) is 82.2 Å². The summed E-state index contributed by atoms with van der Waals surface area (Å²) < 4.78 is 25.9. The third kappa shape index (κ3) is 1.37. The van der Waals surface area contributed by atoms with Crippen LogP contribution in [0.25, 0.3) is 10.8 Å². The van der Waals surface area contributed by atoms with Crippen LogP contribution in [0.4, 0.5) is 8.78 Å². The van der Waals surface area contributed by atoms with Gasteiger partial charge in [-0.2, -0.15) is 15.0 Å². The number of nitrogens with zero attached hydrogens (tertiary/aromatic N) is 3. The van der Waals surface area contributed by atoms with Gasteiger partial charge in [0.05, 0.1) is 6.20 Å². The Morgan fingerprint density at radius 2 is 1.93 bits per heavy atom. The second-order valence-electron chi connectivity index (χ2n) is 2.90. The first kappa shape index (κ1) is 9.38. The first-order chi connectivity index (χ1) is 7.13. The Bertz CT molecular complexity index is 589. The fourth-order valence-electron chi connectivity index (χ4n) is 1.29. The lowest BCUT2D eigenvalue weighted by Crippen LogP contribution is -2.31. The molecule has 0 aliphatic heterocycles. The number of hydrogen-bond donors (Lipinski definition) is 2. The number of benzene rings is 1. The standard InChI is InChI=1S/C8H7F2N5/c9-6-1-4-3-13-15(12)8(14-11)5(4)2-7(6)10/h1-3H,11-12H2/b14-8-. The maximum absolute atomic E-state index is 13.0. The zero-order valence-corrected chi connectivity index (χ0v) is 7.48. The molecule has 1 aromatic heterocycles. The van der Waals surface area contributed by atoms with Gasteiger partial charge in [0.2, 0.25) is 0 Å². The van der Waals surface area contributed by atoms with Crippen LogP contribution in [0.5, 0.6) is 0 Å². The highest BCUT2D eigenvalue weighted by Crippen LogP contribution is 2.13. The maximum atomic E-state index is 13.0. The van der Waals surface area contributed by atoms with Crippen molar-refractivity contribution in [1.82, 2.24) is 9.89 Å². The summed E-state index contributed by atoms with van der Waals surface area (Å²) >= 11 is 0. The molecule has 0 spiro atoms. The van der Waals surface area contributed by atoms with E-state index in [1.54, 1.807) is 0 Å². The molecule has 78 valence electrons. The van der Waals surface area contributed by atoms with Crippen LogP contribution in [0.3, 0.4) is 0 Å². The van der Waals surface area contributed by atoms with Crippen molar-refractivity contribution >= 4 is 10.8 Å². The Balaban J connectivity index is 3.00. The van der Waals surface area contributed by atoms with E-state index in [1.165, 1.54) is 6.20 Å². The second-order valence-corrected chi connectivity index (χ2v) is 2.90. The van der Waals surface area contributed by atoms with Crippen LogP contribution in [0.2, 0.25) is 0 Å². The summed E-state index contributed by atoms with van der Waals surface area (Å²) in [6.45, 7) is 0. The van der Waals surface area contributed by atoms with E-state index in [0.29, 0.717) is 10.8 Å². The second kappa shape index (κ2) is 3.19. The van der Waals surface area contributed by atoms with Gasteiger partial charge in [0.15, 0.2) is 17.1 Å². The number of nitrogen functional groups attached to an aromatic ring is 1. The van der Waals surface area contributed by atoms with Gasteiger partial charge in [0.25, 0.3) is 0 Å². The van der Waals surface area contributed by atoms with Gasteiger partial charge in [-0.15, -0.1) is 0 Å². The molecule has 7 heteroatoms. The van der Waals surface area contributed by atoms with E-state index in [2.05, 4.69) is 10.2 Å². The average Bonchev–Trinajstić information content (AvgIpc) is 2.21. The van der Waals surface area contributed by atoms with Crippen molar-refractivity contribution < 1.29 is 8.78 Å². The van der Waals surface area contributed by atoms with Crippen molar-refractivity contribution in [2.75, 3.05) is 5.84 Å². The van der Waals surface area contributed by atoms with Crippen LogP contribution < -0.4 is 17.2 Å². The average molecular weight is 211 g/mol. The SMILES string of the molecule is N/N=c1/c2cc(F)c(F)cc2cnn1N. The summed E-state index contributed by atoms with van der Waals surface area (Å²) in [5.74, 6) is 8.53. The molecule has 15 heavy (non-hydrogen) atoms. The normalized spacial score (nSPS) is 12.3. The molecule has 0 atom stereocenters. The van der Waals surface area contributed by atoms with Crippen LogP contribution in [0, 0.1) is 11.6 Å². The summed E-state index contributed by atoms with van der Waals surface area (Å²) in [5, 5.41) is 7.71. The molecule has 0 aliphatic carbocycles. The molecule has 0 radical (unpaired) electrons. The molecular formula is C8H7F2N5. The van der Waals surface area contributed by atoms with Crippen LogP contribution in [0.15, 0.2) is 23.4 Å². The third-order valence-corrected chi connectivity index (χ3v) is 1.99. The molecule has 1 aromatic carbocycles. The molecule has 4 N–H and O–H groups in total. The lowest BCUT2D eigenvalue weighted by atomic mass is 10.2. The first-order valence-electron chi connectivity index (χ1n) is 3.99. The zero-order chi connectivity index (χ0) is 11.0. The molecular weight excluding hydrogens is 204 g/mol. The minimum absolute atomic E-state index is 0.0754. The van der Waals surface area contributed by atoms with E-state index < -0.39 is 11.6 Å². The van der Waals surface area contributed by atoms with Gasteiger partial charge in [-0.3, -0.25) is 0 Å². The van der Waals surface area contributed by atoms with Crippen molar-refractivity contribution in [3.05, 3.63) is 35.5 Å². The van der Waals surface area contributed by atoms with Crippen LogP contribution in [-0.4, -0.2) is 9.89 Å². The number of halogens is 2. The Hall–Kier alpha value is -2.18. The first-order valence-corrected chi connectivity index (χ1v) is 3.99. The zero-order valence-electron chi connectivity index (χ0n) is 7.48. The largest absolute Gasteiger partial charge is 0.321 e. The number of hydrogen-bond acceptors (Lipinski definition) is 4. The predicted molar refractivity (Wildman–Crippen MR) is 49.5 cm³/mol. The lowest BCUT2D eigenvalue weighted by molar-refractivity contribution is 0.510. The third-order valence-electron chi connectivity index (χ3n) is 1.99. The van der Waals surface area contributed by atoms with Gasteiger partial charge in [0.1, 0.15) is 0 Å². The summed E-state index contributed by atoms with van der Waals surface area (Å²) in [4.78, 5) is 0.889. The quantitative estimate of drug-likeness (QED) is 0.467. The van der Waals surface area contributed by atoms with E-state index in [9.17, 15) is 8.78 Å². The van der Waals surface area contributed by atoms with Gasteiger partial charge in [0, 0.05) is 10.8 Å². The van der Waals surface area contributed by atoms with Crippen molar-refractivity contribution in [1.29, 1.82) is 0 Å². The Morgan fingerprint density at radius 1 is 1.27 bits per heavy atom. The maximum Gasteiger partial charge on any atom is 0.198 e. The highest BCUT2D eigenvalue weighted by molar-refractivity contribution is 5.80. The highest BCUT2D eigenvalue weighted by Gasteiger charge is 2.07. The number of nitrogens with two attached hydrogens (primary N) is 2. The Kier molecular flexibility index (Phi) is 2.00. The fraction of sp³-hybridized carbons (Fsp3) is 0. The van der Waals surface area contributed by atoms with Gasteiger partial charge in [-0.05, 0) is 12.1 Å². The van der Waals surface area contributed by atoms with Crippen LogP contribution in [0.1, 0.15) is 0 Å². The summed E-state index contributed by atoms with van der Waals surface area (Å²) in [6, 6.07) is 1.98. The summed E-state index contributed by atoms with van der Waals surface area (Å²) in [5.41, 5.74) is 0.0754. The minimum Gasteiger partial charge on any atom is -0.321 e. The van der Waals surface area contributed by atoms with E-state index in [0.717, 1.165) is 16.9 Å². The van der Waals surface area contributed by atoms with E-state index in [1.807, 2.05) is 0 Å². The molecule has 0 aliphatic rings. The van der Waals surface area contributed by atoms with Crippen molar-refractivity contribution in [2.24, 2.45) is 10.9 Å². The smallest absolute Gasteiger partial charge is 0.198 e. The van der Waals surface area contributed by atoms with Crippen molar-refractivity contribution in [3.63, 3.8) is 0 Å². The molecule has 2 rings (SSSR count). The molecule has 0 fully saturated rings. The highest BCUT2D eigenvalue weighted by atomic mass is 19.2. The predicted octanol–water partition coefficient (Wildman–Crippen LogP) is -0.197. The number of fused-ring (bicyclic) bond motifs is 1. The monoisotopic (exact) mass is 211 g/mol. The summed E-state index contributed by atoms with van der Waals surface area (Å²) in [6.07, 6.45) is 1.30. The van der Waals surface area contributed by atoms with E-state index in [-0.39, 0.29) is 5.49 Å². The molecule has 2 aromatic rings.